The van der Waals surface area contributed by atoms with Gasteiger partial charge in [-0.1, -0.05) is 0 Å². The first kappa shape index (κ1) is 9.51. The summed E-state index contributed by atoms with van der Waals surface area (Å²) >= 11 is 2.03. The standard InChI is InChI=1S/C10H8INO2/c1-6-4-10(13)14-9-5-7(12-11)2-3-8(6)9/h2-5,12H,1H3. The second-order valence-electron chi connectivity index (χ2n) is 3.05. The summed E-state index contributed by atoms with van der Waals surface area (Å²) in [5, 5.41) is 0.972. The first-order valence-electron chi connectivity index (χ1n) is 4.12. The molecule has 0 aliphatic carbocycles. The van der Waals surface area contributed by atoms with Gasteiger partial charge >= 0.3 is 5.63 Å². The number of halogens is 1. The number of hydrogen-bond donors (Lipinski definition) is 1. The van der Waals surface area contributed by atoms with E-state index in [1.165, 1.54) is 6.07 Å². The lowest BCUT2D eigenvalue weighted by atomic mass is 10.1. The van der Waals surface area contributed by atoms with Gasteiger partial charge in [-0.2, -0.15) is 0 Å². The molecule has 1 heterocycles. The molecule has 0 aliphatic heterocycles. The van der Waals surface area contributed by atoms with Crippen LogP contribution in [-0.4, -0.2) is 0 Å². The zero-order valence-electron chi connectivity index (χ0n) is 7.50. The van der Waals surface area contributed by atoms with Gasteiger partial charge in [-0.15, -0.1) is 0 Å². The van der Waals surface area contributed by atoms with Gasteiger partial charge in [0.1, 0.15) is 5.58 Å². The third-order valence-corrected chi connectivity index (χ3v) is 2.68. The molecule has 72 valence electrons. The molecule has 1 aromatic heterocycles. The molecule has 3 nitrogen and oxygen atoms in total. The average molecular weight is 301 g/mol. The van der Waals surface area contributed by atoms with Crippen LogP contribution in [0.3, 0.4) is 0 Å². The maximum Gasteiger partial charge on any atom is 0.336 e. The minimum atomic E-state index is -0.305. The largest absolute Gasteiger partial charge is 0.423 e. The molecule has 4 heteroatoms. The van der Waals surface area contributed by atoms with Gasteiger partial charge in [0.05, 0.1) is 22.9 Å². The number of aryl methyl sites for hydroxylation is 1. The molecule has 2 rings (SSSR count). The number of hydrogen-bond acceptors (Lipinski definition) is 3. The zero-order valence-corrected chi connectivity index (χ0v) is 9.66. The van der Waals surface area contributed by atoms with Crippen LogP contribution >= 0.6 is 22.9 Å². The molecule has 0 amide bonds. The van der Waals surface area contributed by atoms with Crippen LogP contribution in [0.25, 0.3) is 11.0 Å². The van der Waals surface area contributed by atoms with Crippen LogP contribution in [0.1, 0.15) is 5.56 Å². The highest BCUT2D eigenvalue weighted by Crippen LogP contribution is 2.21. The minimum Gasteiger partial charge on any atom is -0.423 e. The van der Waals surface area contributed by atoms with Crippen LogP contribution in [0.5, 0.6) is 0 Å². The Morgan fingerprint density at radius 1 is 1.36 bits per heavy atom. The van der Waals surface area contributed by atoms with E-state index >= 15 is 0 Å². The van der Waals surface area contributed by atoms with Crippen molar-refractivity contribution in [1.82, 2.24) is 0 Å². The summed E-state index contributed by atoms with van der Waals surface area (Å²) in [7, 11) is 0. The van der Waals surface area contributed by atoms with Crippen molar-refractivity contribution in [3.63, 3.8) is 0 Å². The van der Waals surface area contributed by atoms with E-state index in [0.29, 0.717) is 5.58 Å². The van der Waals surface area contributed by atoms with Gasteiger partial charge in [-0.05, 0) is 24.6 Å². The first-order valence-corrected chi connectivity index (χ1v) is 5.20. The number of rotatable bonds is 1. The Kier molecular flexibility index (Phi) is 2.45. The Bertz CT molecular complexity index is 533. The van der Waals surface area contributed by atoms with Crippen molar-refractivity contribution >= 4 is 39.5 Å². The van der Waals surface area contributed by atoms with E-state index in [9.17, 15) is 4.79 Å². The molecule has 0 unspecified atom stereocenters. The van der Waals surface area contributed by atoms with Gasteiger partial charge in [0, 0.05) is 23.2 Å². The van der Waals surface area contributed by atoms with Crippen LogP contribution in [0.2, 0.25) is 0 Å². The molecule has 0 spiro atoms. The van der Waals surface area contributed by atoms with E-state index in [1.54, 1.807) is 0 Å². The molecule has 0 saturated carbocycles. The van der Waals surface area contributed by atoms with E-state index < -0.39 is 0 Å². The van der Waals surface area contributed by atoms with Gasteiger partial charge in [0.2, 0.25) is 0 Å². The lowest BCUT2D eigenvalue weighted by Crippen LogP contribution is -1.97. The van der Waals surface area contributed by atoms with Crippen molar-refractivity contribution in [1.29, 1.82) is 0 Å². The molecular formula is C10H8INO2. The molecule has 1 N–H and O–H groups in total. The highest BCUT2D eigenvalue weighted by atomic mass is 127. The molecule has 0 atom stereocenters. The van der Waals surface area contributed by atoms with Crippen molar-refractivity contribution in [2.75, 3.05) is 3.53 Å². The van der Waals surface area contributed by atoms with Gasteiger partial charge in [-0.25, -0.2) is 4.79 Å². The molecular weight excluding hydrogens is 293 g/mol. The summed E-state index contributed by atoms with van der Waals surface area (Å²) in [4.78, 5) is 11.1. The molecule has 0 fully saturated rings. The van der Waals surface area contributed by atoms with Crippen LogP contribution in [-0.2, 0) is 0 Å². The fourth-order valence-corrected chi connectivity index (χ4v) is 1.72. The van der Waals surface area contributed by atoms with E-state index in [-0.39, 0.29) is 5.63 Å². The van der Waals surface area contributed by atoms with E-state index in [4.69, 9.17) is 4.42 Å². The van der Waals surface area contributed by atoms with Crippen molar-refractivity contribution < 1.29 is 4.42 Å². The lowest BCUT2D eigenvalue weighted by molar-refractivity contribution is 0.560. The Labute approximate surface area is 94.6 Å². The maximum atomic E-state index is 11.1. The van der Waals surface area contributed by atoms with Gasteiger partial charge in [-0.3, -0.25) is 0 Å². The Morgan fingerprint density at radius 3 is 2.86 bits per heavy atom. The Hall–Kier alpha value is -1.04. The number of nitrogens with one attached hydrogen (secondary N) is 1. The van der Waals surface area contributed by atoms with Crippen molar-refractivity contribution in [3.8, 4) is 0 Å². The van der Waals surface area contributed by atoms with Gasteiger partial charge in [0.25, 0.3) is 0 Å². The quantitative estimate of drug-likeness (QED) is 0.500. The molecule has 0 radical (unpaired) electrons. The zero-order chi connectivity index (χ0) is 10.1. The summed E-state index contributed by atoms with van der Waals surface area (Å²) in [5.74, 6) is 0. The third kappa shape index (κ3) is 1.61. The summed E-state index contributed by atoms with van der Waals surface area (Å²) < 4.78 is 8.05. The molecule has 0 aliphatic rings. The molecule has 1 aromatic carbocycles. The van der Waals surface area contributed by atoms with E-state index in [2.05, 4.69) is 3.53 Å². The SMILES string of the molecule is Cc1cc(=O)oc2cc(NI)ccc12. The monoisotopic (exact) mass is 301 g/mol. The number of benzene rings is 1. The third-order valence-electron chi connectivity index (χ3n) is 2.06. The minimum absolute atomic E-state index is 0.305. The van der Waals surface area contributed by atoms with E-state index in [0.717, 1.165) is 16.6 Å². The second-order valence-corrected chi connectivity index (χ2v) is 3.59. The van der Waals surface area contributed by atoms with Crippen LogP contribution in [0, 0.1) is 6.92 Å². The van der Waals surface area contributed by atoms with Crippen molar-refractivity contribution in [2.45, 2.75) is 6.92 Å². The normalized spacial score (nSPS) is 10.4. The lowest BCUT2D eigenvalue weighted by Gasteiger charge is -2.02. The smallest absolute Gasteiger partial charge is 0.336 e. The number of fused-ring (bicyclic) bond motifs is 1. The van der Waals surface area contributed by atoms with Crippen LogP contribution < -0.4 is 9.16 Å². The van der Waals surface area contributed by atoms with Crippen molar-refractivity contribution in [3.05, 3.63) is 40.2 Å². The number of anilines is 1. The first-order chi connectivity index (χ1) is 6.70. The fourth-order valence-electron chi connectivity index (χ4n) is 1.38. The molecule has 14 heavy (non-hydrogen) atoms. The van der Waals surface area contributed by atoms with Crippen LogP contribution in [0.4, 0.5) is 5.69 Å². The summed E-state index contributed by atoms with van der Waals surface area (Å²) in [6.45, 7) is 1.90. The molecule has 2 aromatic rings. The molecule has 0 bridgehead atoms. The predicted octanol–water partition coefficient (Wildman–Crippen LogP) is 2.86. The average Bonchev–Trinajstić information content (AvgIpc) is 2.16. The molecule has 0 saturated heterocycles. The summed E-state index contributed by atoms with van der Waals surface area (Å²) in [6, 6.07) is 7.20. The second kappa shape index (κ2) is 3.61. The van der Waals surface area contributed by atoms with Gasteiger partial charge in [0.15, 0.2) is 0 Å². The maximum absolute atomic E-state index is 11.1. The Balaban J connectivity index is 2.82. The van der Waals surface area contributed by atoms with Crippen LogP contribution in [0.15, 0.2) is 33.5 Å². The highest BCUT2D eigenvalue weighted by Gasteiger charge is 2.02. The summed E-state index contributed by atoms with van der Waals surface area (Å²) in [5.41, 5.74) is 2.18. The Morgan fingerprint density at radius 2 is 2.14 bits per heavy atom. The topological polar surface area (TPSA) is 42.2 Å². The van der Waals surface area contributed by atoms with E-state index in [1.807, 2.05) is 48.0 Å². The van der Waals surface area contributed by atoms with Crippen molar-refractivity contribution in [2.24, 2.45) is 0 Å². The fraction of sp³-hybridized carbons (Fsp3) is 0.100. The predicted molar refractivity (Wildman–Crippen MR) is 64.9 cm³/mol. The van der Waals surface area contributed by atoms with Gasteiger partial charge < -0.3 is 7.95 Å². The highest BCUT2D eigenvalue weighted by molar-refractivity contribution is 14.1. The summed E-state index contributed by atoms with van der Waals surface area (Å²) in [6.07, 6.45) is 0.